The van der Waals surface area contributed by atoms with Crippen molar-refractivity contribution in [2.24, 2.45) is 17.6 Å². The number of nitrogens with two attached hydrogens (primary N) is 1. The zero-order valence-corrected chi connectivity index (χ0v) is 14.6. The molecule has 0 radical (unpaired) electrons. The molecule has 0 bridgehead atoms. The second kappa shape index (κ2) is 7.12. The molecule has 2 aliphatic carbocycles. The fraction of sp³-hybridized carbons (Fsp3) is 0.450. The number of hydrogen-bond acceptors (Lipinski definition) is 2. The summed E-state index contributed by atoms with van der Waals surface area (Å²) in [6.45, 7) is 0.683. The van der Waals surface area contributed by atoms with Crippen molar-refractivity contribution in [3.63, 3.8) is 0 Å². The van der Waals surface area contributed by atoms with Crippen LogP contribution < -0.4 is 11.1 Å². The van der Waals surface area contributed by atoms with Crippen molar-refractivity contribution in [1.82, 2.24) is 5.32 Å². The molecule has 0 spiro atoms. The van der Waals surface area contributed by atoms with E-state index in [1.54, 1.807) is 0 Å². The van der Waals surface area contributed by atoms with E-state index in [1.165, 1.54) is 22.8 Å². The Morgan fingerprint density at radius 2 is 1.92 bits per heavy atom. The van der Waals surface area contributed by atoms with E-state index in [-0.39, 0.29) is 24.2 Å². The molecular weight excluding hydrogens is 320 g/mol. The van der Waals surface area contributed by atoms with Crippen LogP contribution in [0.1, 0.15) is 37.2 Å². The van der Waals surface area contributed by atoms with E-state index < -0.39 is 0 Å². The SMILES string of the molecule is Cl.NCC1CCCC1NC(=O)C1CC1c1cccc2ccccc12. The van der Waals surface area contributed by atoms with E-state index in [0.29, 0.717) is 24.4 Å². The van der Waals surface area contributed by atoms with Crippen LogP contribution >= 0.6 is 12.4 Å². The van der Waals surface area contributed by atoms with Gasteiger partial charge in [-0.3, -0.25) is 4.79 Å². The summed E-state index contributed by atoms with van der Waals surface area (Å²) >= 11 is 0. The summed E-state index contributed by atoms with van der Waals surface area (Å²) in [5.74, 6) is 1.21. The highest BCUT2D eigenvalue weighted by Gasteiger charge is 2.45. The number of halogens is 1. The summed E-state index contributed by atoms with van der Waals surface area (Å²) < 4.78 is 0. The molecule has 0 heterocycles. The number of amides is 1. The van der Waals surface area contributed by atoms with Gasteiger partial charge in [0.1, 0.15) is 0 Å². The second-order valence-corrected chi connectivity index (χ2v) is 7.06. The summed E-state index contributed by atoms with van der Waals surface area (Å²) in [7, 11) is 0. The van der Waals surface area contributed by atoms with Gasteiger partial charge < -0.3 is 11.1 Å². The first-order chi connectivity index (χ1) is 11.3. The van der Waals surface area contributed by atoms with Crippen molar-refractivity contribution in [3.8, 4) is 0 Å². The van der Waals surface area contributed by atoms with Crippen LogP contribution in [0.5, 0.6) is 0 Å². The highest BCUT2D eigenvalue weighted by molar-refractivity contribution is 5.89. The Hall–Kier alpha value is -1.58. The predicted octanol–water partition coefficient (Wildman–Crippen LogP) is 3.61. The third-order valence-corrected chi connectivity index (χ3v) is 5.64. The van der Waals surface area contributed by atoms with Gasteiger partial charge >= 0.3 is 0 Å². The summed E-state index contributed by atoms with van der Waals surface area (Å²) in [5, 5.41) is 5.82. The Morgan fingerprint density at radius 1 is 1.12 bits per heavy atom. The van der Waals surface area contributed by atoms with Crippen LogP contribution in [0.3, 0.4) is 0 Å². The molecule has 2 aliphatic rings. The minimum Gasteiger partial charge on any atom is -0.353 e. The highest BCUT2D eigenvalue weighted by Crippen LogP contribution is 2.49. The lowest BCUT2D eigenvalue weighted by Gasteiger charge is -2.19. The van der Waals surface area contributed by atoms with Crippen molar-refractivity contribution >= 4 is 29.1 Å². The van der Waals surface area contributed by atoms with Crippen LogP contribution in [0.2, 0.25) is 0 Å². The van der Waals surface area contributed by atoms with Crippen molar-refractivity contribution < 1.29 is 4.79 Å². The number of carbonyl (C=O) groups is 1. The molecule has 0 aromatic heterocycles. The van der Waals surface area contributed by atoms with E-state index in [9.17, 15) is 4.79 Å². The van der Waals surface area contributed by atoms with Crippen LogP contribution in [0, 0.1) is 11.8 Å². The minimum atomic E-state index is 0. The molecule has 2 saturated carbocycles. The van der Waals surface area contributed by atoms with E-state index in [4.69, 9.17) is 5.73 Å². The Morgan fingerprint density at radius 3 is 2.75 bits per heavy atom. The van der Waals surface area contributed by atoms with Gasteiger partial charge in [0, 0.05) is 12.0 Å². The summed E-state index contributed by atoms with van der Waals surface area (Å²) in [5.41, 5.74) is 7.15. The van der Waals surface area contributed by atoms with Gasteiger partial charge in [0.15, 0.2) is 0 Å². The number of benzene rings is 2. The molecule has 4 heteroatoms. The number of hydrogen-bond donors (Lipinski definition) is 2. The molecule has 128 valence electrons. The van der Waals surface area contributed by atoms with Crippen molar-refractivity contribution in [3.05, 3.63) is 48.0 Å². The van der Waals surface area contributed by atoms with Gasteiger partial charge in [-0.15, -0.1) is 12.4 Å². The fourth-order valence-corrected chi connectivity index (χ4v) is 4.20. The maximum Gasteiger partial charge on any atom is 0.223 e. The topological polar surface area (TPSA) is 55.1 Å². The molecule has 4 unspecified atom stereocenters. The number of carbonyl (C=O) groups excluding carboxylic acids is 1. The third kappa shape index (κ3) is 3.15. The first-order valence-electron chi connectivity index (χ1n) is 8.76. The van der Waals surface area contributed by atoms with E-state index in [0.717, 1.165) is 19.3 Å². The third-order valence-electron chi connectivity index (χ3n) is 5.64. The second-order valence-electron chi connectivity index (χ2n) is 7.06. The monoisotopic (exact) mass is 344 g/mol. The molecule has 4 rings (SSSR count). The van der Waals surface area contributed by atoms with Crippen molar-refractivity contribution in [1.29, 1.82) is 0 Å². The maximum absolute atomic E-state index is 12.6. The normalized spacial score (nSPS) is 28.4. The van der Waals surface area contributed by atoms with Crippen molar-refractivity contribution in [2.45, 2.75) is 37.6 Å². The van der Waals surface area contributed by atoms with Gasteiger partial charge in [-0.2, -0.15) is 0 Å². The quantitative estimate of drug-likeness (QED) is 0.890. The smallest absolute Gasteiger partial charge is 0.223 e. The first kappa shape index (κ1) is 17.2. The lowest BCUT2D eigenvalue weighted by atomic mass is 9.99. The number of rotatable bonds is 4. The molecule has 24 heavy (non-hydrogen) atoms. The lowest BCUT2D eigenvalue weighted by molar-refractivity contribution is -0.123. The predicted molar refractivity (Wildman–Crippen MR) is 100 cm³/mol. The average molecular weight is 345 g/mol. The van der Waals surface area contributed by atoms with Gasteiger partial charge in [0.2, 0.25) is 5.91 Å². The Balaban J connectivity index is 0.00000169. The van der Waals surface area contributed by atoms with Crippen LogP contribution in [0.15, 0.2) is 42.5 Å². The number of fused-ring (bicyclic) bond motifs is 1. The Bertz CT molecular complexity index is 727. The molecule has 2 fully saturated rings. The molecular formula is C20H25ClN2O. The summed E-state index contributed by atoms with van der Waals surface area (Å²) in [6.07, 6.45) is 4.39. The summed E-state index contributed by atoms with van der Waals surface area (Å²) in [6, 6.07) is 15.2. The van der Waals surface area contributed by atoms with E-state index >= 15 is 0 Å². The van der Waals surface area contributed by atoms with Crippen LogP contribution in [0.25, 0.3) is 10.8 Å². The largest absolute Gasteiger partial charge is 0.353 e. The summed E-state index contributed by atoms with van der Waals surface area (Å²) in [4.78, 5) is 12.6. The van der Waals surface area contributed by atoms with Gasteiger partial charge in [-0.25, -0.2) is 0 Å². The van der Waals surface area contributed by atoms with Crippen LogP contribution in [0.4, 0.5) is 0 Å². The number of nitrogens with one attached hydrogen (secondary N) is 1. The molecule has 3 N–H and O–H groups in total. The van der Waals surface area contributed by atoms with E-state index in [1.807, 2.05) is 0 Å². The Kier molecular flexibility index (Phi) is 5.12. The molecule has 0 aliphatic heterocycles. The van der Waals surface area contributed by atoms with Gasteiger partial charge in [-0.05, 0) is 54.0 Å². The Labute approximate surface area is 149 Å². The van der Waals surface area contributed by atoms with Gasteiger partial charge in [0.05, 0.1) is 0 Å². The molecule has 4 atom stereocenters. The van der Waals surface area contributed by atoms with E-state index in [2.05, 4.69) is 47.8 Å². The maximum atomic E-state index is 12.6. The van der Waals surface area contributed by atoms with Crippen LogP contribution in [-0.4, -0.2) is 18.5 Å². The molecule has 0 saturated heterocycles. The fourth-order valence-electron chi connectivity index (χ4n) is 4.20. The van der Waals surface area contributed by atoms with Crippen LogP contribution in [-0.2, 0) is 4.79 Å². The van der Waals surface area contributed by atoms with Gasteiger partial charge in [0.25, 0.3) is 0 Å². The molecule has 1 amide bonds. The van der Waals surface area contributed by atoms with Crippen molar-refractivity contribution in [2.75, 3.05) is 6.54 Å². The molecule has 2 aromatic rings. The standard InChI is InChI=1S/C20H24N2O.ClH/c21-12-14-7-4-10-19(14)22-20(23)18-11-17(18)16-9-3-6-13-5-1-2-8-15(13)16;/h1-3,5-6,8-9,14,17-19H,4,7,10-12,21H2,(H,22,23);1H. The zero-order chi connectivity index (χ0) is 15.8. The highest BCUT2D eigenvalue weighted by atomic mass is 35.5. The van der Waals surface area contributed by atoms with Gasteiger partial charge in [-0.1, -0.05) is 48.9 Å². The minimum absolute atomic E-state index is 0. The lowest BCUT2D eigenvalue weighted by Crippen LogP contribution is -2.40. The average Bonchev–Trinajstić information content (AvgIpc) is 3.27. The zero-order valence-electron chi connectivity index (χ0n) is 13.8. The first-order valence-corrected chi connectivity index (χ1v) is 8.76. The molecule has 2 aromatic carbocycles. The molecule has 3 nitrogen and oxygen atoms in total.